The van der Waals surface area contributed by atoms with Crippen molar-refractivity contribution < 1.29 is 18.3 Å². The normalized spacial score (nSPS) is 20.9. The van der Waals surface area contributed by atoms with Gasteiger partial charge in [0.15, 0.2) is 0 Å². The molecule has 112 valence electrons. The molecule has 2 heterocycles. The Bertz CT molecular complexity index is 541. The molecule has 0 saturated carbocycles. The predicted molar refractivity (Wildman–Crippen MR) is 73.3 cm³/mol. The van der Waals surface area contributed by atoms with Gasteiger partial charge in [-0.15, -0.1) is 0 Å². The molecule has 1 aliphatic rings. The van der Waals surface area contributed by atoms with Crippen molar-refractivity contribution in [2.75, 3.05) is 13.1 Å². The number of hydrogen-bond acceptors (Lipinski definition) is 3. The molecule has 1 aromatic rings. The number of rotatable bonds is 6. The zero-order chi connectivity index (χ0) is 14.6. The summed E-state index contributed by atoms with van der Waals surface area (Å²) in [7, 11) is -3.74. The molecule has 2 N–H and O–H groups in total. The molecule has 20 heavy (non-hydrogen) atoms. The second kappa shape index (κ2) is 6.38. The fraction of sp³-hybridized carbons (Fsp3) is 0.583. The van der Waals surface area contributed by atoms with Crippen LogP contribution in [0.2, 0.25) is 0 Å². The maximum absolute atomic E-state index is 12.2. The Morgan fingerprint density at radius 2 is 2.00 bits per heavy atom. The van der Waals surface area contributed by atoms with Crippen LogP contribution in [-0.2, 0) is 21.5 Å². The monoisotopic (exact) mass is 301 g/mol. The Kier molecular flexibility index (Phi) is 4.79. The number of nitrogens with zero attached hydrogens (tertiary/aromatic N) is 2. The third-order valence-electron chi connectivity index (χ3n) is 3.37. The summed E-state index contributed by atoms with van der Waals surface area (Å²) in [4.78, 5) is 11.1. The van der Waals surface area contributed by atoms with Crippen molar-refractivity contribution in [3.8, 4) is 0 Å². The number of nitrogens with one attached hydrogen (secondary N) is 1. The third kappa shape index (κ3) is 3.59. The fourth-order valence-corrected chi connectivity index (χ4v) is 3.76. The highest BCUT2D eigenvalue weighted by Gasteiger charge is 2.36. The molecule has 2 rings (SSSR count). The van der Waals surface area contributed by atoms with Crippen LogP contribution < -0.4 is 4.72 Å². The largest absolute Gasteiger partial charge is 0.480 e. The van der Waals surface area contributed by atoms with Crippen molar-refractivity contribution in [1.29, 1.82) is 0 Å². The van der Waals surface area contributed by atoms with Crippen molar-refractivity contribution >= 4 is 16.2 Å². The van der Waals surface area contributed by atoms with E-state index in [4.69, 9.17) is 5.11 Å². The van der Waals surface area contributed by atoms with E-state index in [1.807, 2.05) is 29.1 Å². The molecule has 7 nitrogen and oxygen atoms in total. The first kappa shape index (κ1) is 15.0. The van der Waals surface area contributed by atoms with Gasteiger partial charge in [-0.3, -0.25) is 4.79 Å². The molecule has 0 aromatic carbocycles. The molecule has 0 radical (unpaired) electrons. The highest BCUT2D eigenvalue weighted by molar-refractivity contribution is 7.87. The zero-order valence-electron chi connectivity index (χ0n) is 11.1. The smallest absolute Gasteiger partial charge is 0.322 e. The van der Waals surface area contributed by atoms with E-state index in [1.54, 1.807) is 0 Å². The number of aromatic nitrogens is 1. The highest BCUT2D eigenvalue weighted by atomic mass is 32.2. The van der Waals surface area contributed by atoms with Crippen molar-refractivity contribution in [3.05, 3.63) is 24.5 Å². The van der Waals surface area contributed by atoms with E-state index in [1.165, 1.54) is 0 Å². The number of carboxylic acids is 1. The predicted octanol–water partition coefficient (Wildman–Crippen LogP) is 0.262. The van der Waals surface area contributed by atoms with E-state index in [2.05, 4.69) is 4.72 Å². The minimum atomic E-state index is -3.74. The number of carbonyl (C=O) groups is 1. The molecule has 1 aromatic heterocycles. The summed E-state index contributed by atoms with van der Waals surface area (Å²) < 4.78 is 29.7. The lowest BCUT2D eigenvalue weighted by Gasteiger charge is -2.31. The maximum atomic E-state index is 12.2. The van der Waals surface area contributed by atoms with E-state index >= 15 is 0 Å². The van der Waals surface area contributed by atoms with Crippen LogP contribution in [0, 0.1) is 0 Å². The van der Waals surface area contributed by atoms with Gasteiger partial charge in [0.2, 0.25) is 0 Å². The number of piperidine rings is 1. The van der Waals surface area contributed by atoms with E-state index in [0.29, 0.717) is 19.4 Å². The number of hydrogen-bond donors (Lipinski definition) is 2. The van der Waals surface area contributed by atoms with Crippen molar-refractivity contribution in [2.24, 2.45) is 0 Å². The van der Waals surface area contributed by atoms with Crippen LogP contribution in [-0.4, -0.2) is 47.5 Å². The van der Waals surface area contributed by atoms with E-state index in [-0.39, 0.29) is 13.1 Å². The molecular weight excluding hydrogens is 282 g/mol. The Balaban J connectivity index is 1.95. The fourth-order valence-electron chi connectivity index (χ4n) is 2.35. The SMILES string of the molecule is O=C(O)C1CCCCN1S(=O)(=O)NCCn1cccc1. The lowest BCUT2D eigenvalue weighted by molar-refractivity contribution is -0.142. The Morgan fingerprint density at radius 1 is 1.30 bits per heavy atom. The van der Waals surface area contributed by atoms with Crippen LogP contribution in [0.3, 0.4) is 0 Å². The van der Waals surface area contributed by atoms with Gasteiger partial charge < -0.3 is 9.67 Å². The summed E-state index contributed by atoms with van der Waals surface area (Å²) in [5.74, 6) is -1.08. The molecule has 1 saturated heterocycles. The summed E-state index contributed by atoms with van der Waals surface area (Å²) in [6.07, 6.45) is 5.49. The topological polar surface area (TPSA) is 91.6 Å². The first-order valence-electron chi connectivity index (χ1n) is 6.61. The van der Waals surface area contributed by atoms with Crippen LogP contribution in [0.25, 0.3) is 0 Å². The van der Waals surface area contributed by atoms with Crippen molar-refractivity contribution in [1.82, 2.24) is 13.6 Å². The van der Waals surface area contributed by atoms with Crippen LogP contribution >= 0.6 is 0 Å². The lowest BCUT2D eigenvalue weighted by Crippen LogP contribution is -2.52. The van der Waals surface area contributed by atoms with Gasteiger partial charge >= 0.3 is 5.97 Å². The summed E-state index contributed by atoms with van der Waals surface area (Å²) in [5.41, 5.74) is 0. The van der Waals surface area contributed by atoms with Gasteiger partial charge in [0.05, 0.1) is 0 Å². The molecule has 1 atom stereocenters. The number of aliphatic carboxylic acids is 1. The van der Waals surface area contributed by atoms with Gasteiger partial charge in [0.25, 0.3) is 10.2 Å². The van der Waals surface area contributed by atoms with Crippen LogP contribution in [0.4, 0.5) is 0 Å². The van der Waals surface area contributed by atoms with Gasteiger partial charge in [-0.05, 0) is 31.4 Å². The molecule has 0 bridgehead atoms. The molecule has 8 heteroatoms. The first-order chi connectivity index (χ1) is 9.50. The standard InChI is InChI=1S/C12H19N3O4S/c16-12(17)11-5-1-2-9-15(11)20(18,19)13-6-10-14-7-3-4-8-14/h3-4,7-8,11,13H,1-2,5-6,9-10H2,(H,16,17). The van der Waals surface area contributed by atoms with Crippen molar-refractivity contribution in [3.63, 3.8) is 0 Å². The molecule has 0 amide bonds. The Morgan fingerprint density at radius 3 is 2.65 bits per heavy atom. The molecule has 0 spiro atoms. The second-order valence-electron chi connectivity index (χ2n) is 4.78. The minimum Gasteiger partial charge on any atom is -0.480 e. The van der Waals surface area contributed by atoms with E-state index < -0.39 is 22.2 Å². The summed E-state index contributed by atoms with van der Waals surface area (Å²) in [6, 6.07) is 2.77. The third-order valence-corrected chi connectivity index (χ3v) is 4.99. The molecule has 0 aliphatic carbocycles. The maximum Gasteiger partial charge on any atom is 0.322 e. The van der Waals surface area contributed by atoms with Gasteiger partial charge in [0, 0.05) is 32.0 Å². The summed E-state index contributed by atoms with van der Waals surface area (Å²) in [5, 5.41) is 9.11. The summed E-state index contributed by atoms with van der Waals surface area (Å²) in [6.45, 7) is 1.01. The summed E-state index contributed by atoms with van der Waals surface area (Å²) >= 11 is 0. The van der Waals surface area contributed by atoms with Gasteiger partial charge in [0.1, 0.15) is 6.04 Å². The average Bonchev–Trinajstić information content (AvgIpc) is 2.91. The molecular formula is C12H19N3O4S. The van der Waals surface area contributed by atoms with E-state index in [9.17, 15) is 13.2 Å². The van der Waals surface area contributed by atoms with Gasteiger partial charge in [-0.25, -0.2) is 4.72 Å². The highest BCUT2D eigenvalue weighted by Crippen LogP contribution is 2.19. The second-order valence-corrected chi connectivity index (χ2v) is 6.49. The van der Waals surface area contributed by atoms with E-state index in [0.717, 1.165) is 10.7 Å². The lowest BCUT2D eigenvalue weighted by atomic mass is 10.1. The van der Waals surface area contributed by atoms with Crippen LogP contribution in [0.1, 0.15) is 19.3 Å². The molecule has 1 aliphatic heterocycles. The van der Waals surface area contributed by atoms with Gasteiger partial charge in [-0.1, -0.05) is 0 Å². The van der Waals surface area contributed by atoms with Crippen LogP contribution in [0.5, 0.6) is 0 Å². The Hall–Kier alpha value is -1.38. The average molecular weight is 301 g/mol. The molecule has 1 fully saturated rings. The van der Waals surface area contributed by atoms with Crippen LogP contribution in [0.15, 0.2) is 24.5 Å². The zero-order valence-corrected chi connectivity index (χ0v) is 11.9. The first-order valence-corrected chi connectivity index (χ1v) is 8.05. The Labute approximate surface area is 118 Å². The number of carboxylic acid groups (broad SMARTS) is 1. The quantitative estimate of drug-likeness (QED) is 0.788. The van der Waals surface area contributed by atoms with Gasteiger partial charge in [-0.2, -0.15) is 12.7 Å². The molecule has 1 unspecified atom stereocenters. The van der Waals surface area contributed by atoms with Crippen molar-refractivity contribution in [2.45, 2.75) is 31.8 Å². The minimum absolute atomic E-state index is 0.236.